The molecule has 2 aromatic heterocycles. The van der Waals surface area contributed by atoms with E-state index in [0.717, 1.165) is 22.5 Å². The molecule has 1 saturated heterocycles. The van der Waals surface area contributed by atoms with Crippen molar-refractivity contribution in [3.63, 3.8) is 0 Å². The highest BCUT2D eigenvalue weighted by Crippen LogP contribution is 2.22. The van der Waals surface area contributed by atoms with E-state index in [1.54, 1.807) is 34.1 Å². The molecule has 166 valence electrons. The number of pyridine rings is 1. The number of rotatable bonds is 6. The topological polar surface area (TPSA) is 91.6 Å². The normalized spacial score (nSPS) is 15.7. The van der Waals surface area contributed by atoms with Gasteiger partial charge in [0, 0.05) is 50.2 Å². The summed E-state index contributed by atoms with van der Waals surface area (Å²) in [6.45, 7) is 0.922. The zero-order valence-corrected chi connectivity index (χ0v) is 17.7. The molecule has 4 rings (SSSR count). The lowest BCUT2D eigenvalue weighted by Crippen LogP contribution is -2.40. The molecule has 3 aromatic rings. The van der Waals surface area contributed by atoms with Gasteiger partial charge in [-0.25, -0.2) is 9.18 Å². The van der Waals surface area contributed by atoms with Crippen LogP contribution in [0, 0.1) is 5.82 Å². The predicted octanol–water partition coefficient (Wildman–Crippen LogP) is 2.89. The second-order valence-electron chi connectivity index (χ2n) is 7.89. The quantitative estimate of drug-likeness (QED) is 0.640. The molecular weight excluding hydrogens is 413 g/mol. The largest absolute Gasteiger partial charge is 0.465 e. The van der Waals surface area contributed by atoms with Gasteiger partial charge >= 0.3 is 6.09 Å². The Labute approximate surface area is 184 Å². The third kappa shape index (κ3) is 4.77. The van der Waals surface area contributed by atoms with Crippen molar-refractivity contribution < 1.29 is 19.1 Å². The molecule has 0 saturated carbocycles. The highest BCUT2D eigenvalue weighted by molar-refractivity contribution is 5.77. The molecule has 1 fully saturated rings. The van der Waals surface area contributed by atoms with E-state index in [4.69, 9.17) is 0 Å². The molecule has 8 nitrogen and oxygen atoms in total. The first-order valence-corrected chi connectivity index (χ1v) is 10.4. The number of hydrogen-bond donors (Lipinski definition) is 1. The maximum atomic E-state index is 13.3. The van der Waals surface area contributed by atoms with Crippen LogP contribution in [-0.2, 0) is 17.8 Å². The van der Waals surface area contributed by atoms with E-state index in [1.807, 2.05) is 18.2 Å². The third-order valence-electron chi connectivity index (χ3n) is 5.79. The average molecular weight is 437 g/mol. The lowest BCUT2D eigenvalue weighted by atomic mass is 10.1. The minimum absolute atomic E-state index is 0.0467. The number of likely N-dealkylation sites (N-methyl/N-ethyl adjacent to an activating group) is 1. The number of carbonyl (C=O) groups excluding carboxylic acids is 1. The second-order valence-corrected chi connectivity index (χ2v) is 7.89. The number of carboxylic acid groups (broad SMARTS) is 1. The fraction of sp³-hybridized carbons (Fsp3) is 0.304. The maximum absolute atomic E-state index is 13.3. The summed E-state index contributed by atoms with van der Waals surface area (Å²) in [6.07, 6.45) is 3.47. The second kappa shape index (κ2) is 9.17. The molecule has 1 aromatic carbocycles. The van der Waals surface area contributed by atoms with Crippen LogP contribution in [0.3, 0.4) is 0 Å². The van der Waals surface area contributed by atoms with E-state index in [1.165, 1.54) is 24.1 Å². The number of amides is 2. The summed E-state index contributed by atoms with van der Waals surface area (Å²) in [7, 11) is 1.52. The first-order chi connectivity index (χ1) is 15.4. The summed E-state index contributed by atoms with van der Waals surface area (Å²) in [5.74, 6) is -0.416. The molecule has 32 heavy (non-hydrogen) atoms. The van der Waals surface area contributed by atoms with Crippen molar-refractivity contribution in [2.75, 3.05) is 20.1 Å². The Morgan fingerprint density at radius 2 is 1.91 bits per heavy atom. The van der Waals surface area contributed by atoms with E-state index >= 15 is 0 Å². The van der Waals surface area contributed by atoms with Crippen LogP contribution < -0.4 is 0 Å². The van der Waals surface area contributed by atoms with Gasteiger partial charge in [0.2, 0.25) is 5.91 Å². The number of halogens is 1. The Morgan fingerprint density at radius 1 is 1.19 bits per heavy atom. The van der Waals surface area contributed by atoms with E-state index in [2.05, 4.69) is 10.1 Å². The summed E-state index contributed by atoms with van der Waals surface area (Å²) in [4.78, 5) is 31.2. The van der Waals surface area contributed by atoms with Gasteiger partial charge in [-0.05, 0) is 42.3 Å². The van der Waals surface area contributed by atoms with Crippen molar-refractivity contribution in [2.45, 2.75) is 25.4 Å². The monoisotopic (exact) mass is 437 g/mol. The highest BCUT2D eigenvalue weighted by atomic mass is 19.1. The van der Waals surface area contributed by atoms with Gasteiger partial charge in [-0.2, -0.15) is 5.10 Å². The molecule has 1 N–H and O–H groups in total. The Kier molecular flexibility index (Phi) is 6.16. The lowest BCUT2D eigenvalue weighted by molar-refractivity contribution is -0.131. The lowest BCUT2D eigenvalue weighted by Gasteiger charge is -2.22. The summed E-state index contributed by atoms with van der Waals surface area (Å²) < 4.78 is 15.0. The van der Waals surface area contributed by atoms with Crippen molar-refractivity contribution in [3.8, 4) is 11.3 Å². The fourth-order valence-electron chi connectivity index (χ4n) is 3.88. The molecule has 0 spiro atoms. The highest BCUT2D eigenvalue weighted by Gasteiger charge is 2.31. The Bertz CT molecular complexity index is 1100. The van der Waals surface area contributed by atoms with Gasteiger partial charge in [0.15, 0.2) is 0 Å². The zero-order chi connectivity index (χ0) is 22.7. The molecule has 1 aliphatic rings. The number of nitrogens with zero attached hydrogens (tertiary/aromatic N) is 5. The van der Waals surface area contributed by atoms with E-state index in [-0.39, 0.29) is 24.3 Å². The summed E-state index contributed by atoms with van der Waals surface area (Å²) in [5.41, 5.74) is 3.35. The summed E-state index contributed by atoms with van der Waals surface area (Å²) in [5, 5.41) is 13.8. The van der Waals surface area contributed by atoms with Crippen molar-refractivity contribution >= 4 is 12.0 Å². The minimum atomic E-state index is -1.00. The SMILES string of the molecule is CN(C(=O)O)[C@H]1CCN(C(=O)Cn2nc(-c3ccncc3)cc2Cc2ccc(F)cc2)C1. The predicted molar refractivity (Wildman–Crippen MR) is 115 cm³/mol. The van der Waals surface area contributed by atoms with E-state index in [0.29, 0.717) is 25.9 Å². The molecule has 0 radical (unpaired) electrons. The van der Waals surface area contributed by atoms with E-state index in [9.17, 15) is 19.1 Å². The first kappa shape index (κ1) is 21.5. The van der Waals surface area contributed by atoms with E-state index < -0.39 is 6.09 Å². The van der Waals surface area contributed by atoms with Gasteiger partial charge in [0.05, 0.1) is 11.7 Å². The molecule has 0 bridgehead atoms. The Hall–Kier alpha value is -3.75. The minimum Gasteiger partial charge on any atom is -0.465 e. The molecule has 1 atom stereocenters. The van der Waals surface area contributed by atoms with Crippen LogP contribution in [0.4, 0.5) is 9.18 Å². The van der Waals surface area contributed by atoms with Crippen molar-refractivity contribution in [1.82, 2.24) is 24.6 Å². The van der Waals surface area contributed by atoms with Gasteiger partial charge in [0.25, 0.3) is 0 Å². The smallest absolute Gasteiger partial charge is 0.407 e. The van der Waals surface area contributed by atoms with Gasteiger partial charge in [-0.1, -0.05) is 12.1 Å². The molecule has 3 heterocycles. The van der Waals surface area contributed by atoms with Gasteiger partial charge in [-0.3, -0.25) is 14.5 Å². The van der Waals surface area contributed by atoms with Gasteiger partial charge in [0.1, 0.15) is 12.4 Å². The molecular formula is C23H24FN5O3. The molecule has 0 unspecified atom stereocenters. The fourth-order valence-corrected chi connectivity index (χ4v) is 3.88. The number of aromatic nitrogens is 3. The molecule has 1 aliphatic heterocycles. The van der Waals surface area contributed by atoms with Crippen LogP contribution in [0.5, 0.6) is 0 Å². The third-order valence-corrected chi connectivity index (χ3v) is 5.79. The van der Waals surface area contributed by atoms with Crippen molar-refractivity contribution in [1.29, 1.82) is 0 Å². The van der Waals surface area contributed by atoms with Gasteiger partial charge in [-0.15, -0.1) is 0 Å². The Balaban J connectivity index is 1.55. The van der Waals surface area contributed by atoms with Crippen LogP contribution >= 0.6 is 0 Å². The van der Waals surface area contributed by atoms with Crippen LogP contribution in [0.1, 0.15) is 17.7 Å². The van der Waals surface area contributed by atoms with Crippen LogP contribution in [0.15, 0.2) is 54.9 Å². The van der Waals surface area contributed by atoms with Crippen LogP contribution in [0.25, 0.3) is 11.3 Å². The molecule has 9 heteroatoms. The number of hydrogen-bond acceptors (Lipinski definition) is 4. The zero-order valence-electron chi connectivity index (χ0n) is 17.7. The maximum Gasteiger partial charge on any atom is 0.407 e. The van der Waals surface area contributed by atoms with Gasteiger partial charge < -0.3 is 14.9 Å². The standard InChI is InChI=1S/C23H24FN5O3/c1-27(23(31)32)19-8-11-28(14-19)22(30)15-29-20(12-16-2-4-18(24)5-3-16)13-21(26-29)17-6-9-25-10-7-17/h2-7,9-10,13,19H,8,11-12,14-15H2,1H3,(H,31,32)/t19-/m0/s1. The average Bonchev–Trinajstić information content (AvgIpc) is 3.43. The van der Waals surface area contributed by atoms with Crippen molar-refractivity contribution in [3.05, 3.63) is 71.9 Å². The number of likely N-dealkylation sites (tertiary alicyclic amines) is 1. The van der Waals surface area contributed by atoms with Crippen LogP contribution in [0.2, 0.25) is 0 Å². The first-order valence-electron chi connectivity index (χ1n) is 10.4. The summed E-state index contributed by atoms with van der Waals surface area (Å²) >= 11 is 0. The summed E-state index contributed by atoms with van der Waals surface area (Å²) in [6, 6.07) is 11.7. The molecule has 2 amide bonds. The number of benzene rings is 1. The van der Waals surface area contributed by atoms with Crippen LogP contribution in [-0.4, -0.2) is 67.9 Å². The molecule has 0 aliphatic carbocycles. The number of carbonyl (C=O) groups is 2. The Morgan fingerprint density at radius 3 is 2.59 bits per heavy atom. The van der Waals surface area contributed by atoms with Crippen molar-refractivity contribution in [2.24, 2.45) is 0 Å².